The molecule has 0 aliphatic carbocycles. The molecule has 0 radical (unpaired) electrons. The third kappa shape index (κ3) is 5.36. The minimum absolute atomic E-state index is 0.0533. The van der Waals surface area contributed by atoms with Crippen molar-refractivity contribution >= 4 is 28.9 Å². The number of nitro benzene ring substituents is 1. The molecule has 2 amide bonds. The summed E-state index contributed by atoms with van der Waals surface area (Å²) in [5.74, 6) is -0.107. The van der Waals surface area contributed by atoms with Gasteiger partial charge in [-0.25, -0.2) is 0 Å². The highest BCUT2D eigenvalue weighted by Crippen LogP contribution is 2.32. The monoisotopic (exact) mass is 465 g/mol. The quantitative estimate of drug-likeness (QED) is 0.476. The van der Waals surface area contributed by atoms with Gasteiger partial charge in [0.25, 0.3) is 11.6 Å². The second-order valence-corrected chi connectivity index (χ2v) is 9.32. The number of nitrogens with one attached hydrogen (secondary N) is 1. The van der Waals surface area contributed by atoms with Crippen LogP contribution in [0.1, 0.15) is 48.5 Å². The summed E-state index contributed by atoms with van der Waals surface area (Å²) >= 11 is 0. The van der Waals surface area contributed by atoms with Crippen molar-refractivity contribution in [3.05, 3.63) is 63.7 Å². The highest BCUT2D eigenvalue weighted by atomic mass is 16.6. The number of benzene rings is 2. The molecule has 34 heavy (non-hydrogen) atoms. The van der Waals surface area contributed by atoms with E-state index in [-0.39, 0.29) is 23.2 Å². The Morgan fingerprint density at radius 2 is 1.88 bits per heavy atom. The summed E-state index contributed by atoms with van der Waals surface area (Å²) < 4.78 is 0. The first kappa shape index (κ1) is 23.7. The normalized spacial score (nSPS) is 19.2. The van der Waals surface area contributed by atoms with Crippen molar-refractivity contribution in [1.29, 1.82) is 0 Å². The lowest BCUT2D eigenvalue weighted by Gasteiger charge is -2.31. The molecule has 2 aliphatic heterocycles. The van der Waals surface area contributed by atoms with E-state index in [2.05, 4.69) is 12.2 Å². The van der Waals surface area contributed by atoms with E-state index in [0.29, 0.717) is 23.8 Å². The average Bonchev–Trinajstić information content (AvgIpc) is 3.28. The fraction of sp³-hybridized carbons (Fsp3) is 0.440. The van der Waals surface area contributed by atoms with Crippen LogP contribution in [0.15, 0.2) is 42.5 Å². The van der Waals surface area contributed by atoms with Gasteiger partial charge in [0.1, 0.15) is 5.69 Å². The lowest BCUT2D eigenvalue weighted by atomic mass is 9.98. The van der Waals surface area contributed by atoms with Gasteiger partial charge in [-0.1, -0.05) is 19.1 Å². The maximum atomic E-state index is 12.9. The lowest BCUT2D eigenvalue weighted by Crippen LogP contribution is -2.39. The minimum Gasteiger partial charge on any atom is -0.368 e. The van der Waals surface area contributed by atoms with Crippen LogP contribution in [0.5, 0.6) is 0 Å². The van der Waals surface area contributed by atoms with E-state index in [1.165, 1.54) is 6.07 Å². The number of carbonyl (C=O) groups excluding carboxylic acids is 2. The Labute approximate surface area is 199 Å². The third-order valence-electron chi connectivity index (χ3n) is 6.82. The number of anilines is 2. The third-order valence-corrected chi connectivity index (χ3v) is 6.82. The van der Waals surface area contributed by atoms with Crippen LogP contribution in [-0.4, -0.2) is 47.3 Å². The summed E-state index contributed by atoms with van der Waals surface area (Å²) in [5.41, 5.74) is 7.80. The van der Waals surface area contributed by atoms with Crippen LogP contribution in [0.25, 0.3) is 0 Å². The molecule has 180 valence electrons. The first-order valence-electron chi connectivity index (χ1n) is 11.8. The van der Waals surface area contributed by atoms with Crippen LogP contribution in [0.3, 0.4) is 0 Å². The molecule has 4 rings (SSSR count). The summed E-state index contributed by atoms with van der Waals surface area (Å²) in [7, 11) is 0. The Hall–Kier alpha value is -3.46. The second kappa shape index (κ2) is 10.2. The fourth-order valence-corrected chi connectivity index (χ4v) is 4.85. The number of nitrogens with two attached hydrogens (primary N) is 1. The van der Waals surface area contributed by atoms with Gasteiger partial charge in [-0.15, -0.1) is 0 Å². The molecule has 9 nitrogen and oxygen atoms in total. The Kier molecular flexibility index (Phi) is 7.12. The summed E-state index contributed by atoms with van der Waals surface area (Å²) in [4.78, 5) is 40.0. The number of amides is 2. The van der Waals surface area contributed by atoms with Crippen LogP contribution in [0, 0.1) is 16.0 Å². The van der Waals surface area contributed by atoms with Crippen LogP contribution < -0.4 is 16.0 Å². The topological polar surface area (TPSA) is 122 Å². The van der Waals surface area contributed by atoms with Gasteiger partial charge in [0.15, 0.2) is 0 Å². The van der Waals surface area contributed by atoms with E-state index in [1.807, 2.05) is 28.0 Å². The van der Waals surface area contributed by atoms with Crippen molar-refractivity contribution in [2.45, 2.75) is 45.2 Å². The van der Waals surface area contributed by atoms with E-state index >= 15 is 0 Å². The van der Waals surface area contributed by atoms with Crippen molar-refractivity contribution in [3.8, 4) is 0 Å². The molecular formula is C25H31N5O4. The number of likely N-dealkylation sites (tertiary alicyclic amines) is 1. The molecule has 2 heterocycles. The van der Waals surface area contributed by atoms with Gasteiger partial charge in [-0.3, -0.25) is 24.6 Å². The van der Waals surface area contributed by atoms with Crippen LogP contribution in [0.4, 0.5) is 17.1 Å². The van der Waals surface area contributed by atoms with Crippen LogP contribution >= 0.6 is 0 Å². The zero-order chi connectivity index (χ0) is 24.2. The summed E-state index contributed by atoms with van der Waals surface area (Å²) in [6, 6.07) is 11.8. The van der Waals surface area contributed by atoms with E-state index < -0.39 is 10.8 Å². The maximum absolute atomic E-state index is 12.9. The van der Waals surface area contributed by atoms with Gasteiger partial charge >= 0.3 is 0 Å². The number of rotatable bonds is 7. The summed E-state index contributed by atoms with van der Waals surface area (Å²) in [6.07, 6.45) is 3.67. The zero-order valence-corrected chi connectivity index (χ0v) is 19.4. The van der Waals surface area contributed by atoms with Gasteiger partial charge in [-0.05, 0) is 68.0 Å². The molecule has 0 saturated carbocycles. The smallest absolute Gasteiger partial charge is 0.293 e. The molecule has 3 N–H and O–H groups in total. The van der Waals surface area contributed by atoms with Gasteiger partial charge < -0.3 is 16.0 Å². The summed E-state index contributed by atoms with van der Waals surface area (Å²) in [5, 5.41) is 14.6. The Morgan fingerprint density at radius 1 is 1.12 bits per heavy atom. The number of carbonyl (C=O) groups is 2. The van der Waals surface area contributed by atoms with Crippen LogP contribution in [0.2, 0.25) is 0 Å². The molecule has 0 aromatic heterocycles. The van der Waals surface area contributed by atoms with Gasteiger partial charge in [0.05, 0.1) is 11.0 Å². The van der Waals surface area contributed by atoms with E-state index in [0.717, 1.165) is 50.9 Å². The molecule has 1 unspecified atom stereocenters. The van der Waals surface area contributed by atoms with E-state index in [1.54, 1.807) is 18.2 Å². The maximum Gasteiger partial charge on any atom is 0.293 e. The number of nitrogens with zero attached hydrogens (tertiary/aromatic N) is 3. The van der Waals surface area contributed by atoms with Gasteiger partial charge in [-0.2, -0.15) is 0 Å². The van der Waals surface area contributed by atoms with Gasteiger partial charge in [0, 0.05) is 37.0 Å². The lowest BCUT2D eigenvalue weighted by molar-refractivity contribution is -0.384. The molecule has 2 aromatic rings. The van der Waals surface area contributed by atoms with E-state index in [4.69, 9.17) is 5.73 Å². The number of hydrogen-bond acceptors (Lipinski definition) is 6. The molecule has 1 atom stereocenters. The molecular weight excluding hydrogens is 434 g/mol. The highest BCUT2D eigenvalue weighted by molar-refractivity contribution is 6.05. The molecule has 2 aromatic carbocycles. The number of hydrogen-bond donors (Lipinski definition) is 2. The van der Waals surface area contributed by atoms with Crippen molar-refractivity contribution in [3.63, 3.8) is 0 Å². The molecule has 9 heteroatoms. The molecule has 2 fully saturated rings. The van der Waals surface area contributed by atoms with Gasteiger partial charge in [0.2, 0.25) is 5.91 Å². The second-order valence-electron chi connectivity index (χ2n) is 9.32. The first-order chi connectivity index (χ1) is 16.3. The van der Waals surface area contributed by atoms with E-state index in [9.17, 15) is 19.7 Å². The molecule has 0 spiro atoms. The molecule has 2 aliphatic rings. The number of primary amides is 1. The fourth-order valence-electron chi connectivity index (χ4n) is 4.85. The zero-order valence-electron chi connectivity index (χ0n) is 19.4. The predicted octanol–water partition coefficient (Wildman–Crippen LogP) is 3.53. The molecule has 2 saturated heterocycles. The minimum atomic E-state index is -0.421. The first-order valence-corrected chi connectivity index (χ1v) is 11.8. The van der Waals surface area contributed by atoms with Crippen molar-refractivity contribution < 1.29 is 14.5 Å². The number of piperidine rings is 1. The van der Waals surface area contributed by atoms with Crippen molar-refractivity contribution in [2.24, 2.45) is 11.7 Å². The van der Waals surface area contributed by atoms with Crippen molar-refractivity contribution in [2.75, 3.05) is 29.9 Å². The van der Waals surface area contributed by atoms with Crippen LogP contribution in [-0.2, 0) is 11.3 Å². The largest absolute Gasteiger partial charge is 0.368 e. The Bertz CT molecular complexity index is 1080. The highest BCUT2D eigenvalue weighted by Gasteiger charge is 2.29. The predicted molar refractivity (Wildman–Crippen MR) is 131 cm³/mol. The standard InChI is InChI=1S/C25H31N5O4/c1-17-9-12-28(13-10-17)21-8-7-19(15-23(21)30(33)34)25(32)27-20-5-2-4-18(14-20)16-29-11-3-6-22(29)24(26)31/h2,4-5,7-8,14-15,17,22H,3,6,9-13,16H2,1H3,(H2,26,31)(H,27,32). The Morgan fingerprint density at radius 3 is 2.59 bits per heavy atom. The molecule has 0 bridgehead atoms. The Balaban J connectivity index is 1.47. The summed E-state index contributed by atoms with van der Waals surface area (Å²) in [6.45, 7) is 5.10. The van der Waals surface area contributed by atoms with Crippen molar-refractivity contribution in [1.82, 2.24) is 4.90 Å². The number of nitro groups is 1. The SMILES string of the molecule is CC1CCN(c2ccc(C(=O)Nc3cccc(CN4CCCC4C(N)=O)c3)cc2[N+](=O)[O-])CC1. The average molecular weight is 466 g/mol.